The van der Waals surface area contributed by atoms with E-state index in [1.807, 2.05) is 0 Å². The minimum absolute atomic E-state index is 0.350. The van der Waals surface area contributed by atoms with Crippen LogP contribution < -0.4 is 16.6 Å². The molecule has 1 aromatic heterocycles. The smallest absolute Gasteiger partial charge is 0.166 e. The standard InChI is InChI=1S/C6H10N6/c7-1-5-2-11-6(3-10-5)12(9)4-8/h2-4,8H,1,7,9H2. The Morgan fingerprint density at radius 2 is 2.25 bits per heavy atom. The predicted octanol–water partition coefficient (Wildman–Crippen LogP) is -0.778. The number of rotatable bonds is 3. The molecule has 12 heavy (non-hydrogen) atoms. The lowest BCUT2D eigenvalue weighted by Crippen LogP contribution is -2.29. The summed E-state index contributed by atoms with van der Waals surface area (Å²) < 4.78 is 0. The molecule has 0 aromatic carbocycles. The van der Waals surface area contributed by atoms with Gasteiger partial charge in [-0.05, 0) is 0 Å². The van der Waals surface area contributed by atoms with Gasteiger partial charge < -0.3 is 5.73 Å². The molecule has 1 heterocycles. The van der Waals surface area contributed by atoms with Crippen LogP contribution in [0.3, 0.4) is 0 Å². The normalized spacial score (nSPS) is 9.50. The highest BCUT2D eigenvalue weighted by atomic mass is 15.4. The molecule has 6 nitrogen and oxygen atoms in total. The third-order valence-electron chi connectivity index (χ3n) is 1.30. The van der Waals surface area contributed by atoms with E-state index in [0.717, 1.165) is 11.3 Å². The van der Waals surface area contributed by atoms with Crippen molar-refractivity contribution in [3.8, 4) is 0 Å². The summed E-state index contributed by atoms with van der Waals surface area (Å²) in [6.07, 6.45) is 3.94. The second-order valence-electron chi connectivity index (χ2n) is 2.11. The largest absolute Gasteiger partial charge is 0.325 e. The monoisotopic (exact) mass is 166 g/mol. The van der Waals surface area contributed by atoms with Crippen molar-refractivity contribution in [2.24, 2.45) is 11.6 Å². The van der Waals surface area contributed by atoms with Gasteiger partial charge in [-0.3, -0.25) is 15.4 Å². The van der Waals surface area contributed by atoms with Crippen LogP contribution in [0.1, 0.15) is 5.69 Å². The molecule has 0 amide bonds. The van der Waals surface area contributed by atoms with E-state index in [9.17, 15) is 0 Å². The Bertz CT molecular complexity index is 255. The van der Waals surface area contributed by atoms with Crippen LogP contribution in [0.4, 0.5) is 5.82 Å². The molecule has 0 radical (unpaired) electrons. The summed E-state index contributed by atoms with van der Waals surface area (Å²) in [7, 11) is 0. The summed E-state index contributed by atoms with van der Waals surface area (Å²) >= 11 is 0. The maximum atomic E-state index is 6.83. The van der Waals surface area contributed by atoms with Gasteiger partial charge in [0.25, 0.3) is 0 Å². The highest BCUT2D eigenvalue weighted by molar-refractivity contribution is 5.72. The van der Waals surface area contributed by atoms with E-state index in [4.69, 9.17) is 17.0 Å². The molecular weight excluding hydrogens is 156 g/mol. The molecule has 64 valence electrons. The van der Waals surface area contributed by atoms with Gasteiger partial charge in [0, 0.05) is 6.54 Å². The van der Waals surface area contributed by atoms with Crippen molar-refractivity contribution in [3.63, 3.8) is 0 Å². The van der Waals surface area contributed by atoms with Gasteiger partial charge in [0.1, 0.15) is 6.34 Å². The Morgan fingerprint density at radius 1 is 1.50 bits per heavy atom. The Kier molecular flexibility index (Phi) is 2.67. The topological polar surface area (TPSA) is 105 Å². The maximum absolute atomic E-state index is 6.83. The summed E-state index contributed by atoms with van der Waals surface area (Å²) in [6, 6.07) is 0. The fraction of sp³-hybridized carbons (Fsp3) is 0.167. The van der Waals surface area contributed by atoms with Crippen molar-refractivity contribution in [3.05, 3.63) is 18.1 Å². The third kappa shape index (κ3) is 1.74. The number of hydrazine groups is 1. The molecule has 0 saturated heterocycles. The van der Waals surface area contributed by atoms with E-state index in [0.29, 0.717) is 18.1 Å². The van der Waals surface area contributed by atoms with Crippen LogP contribution in [0, 0.1) is 5.41 Å². The number of aromatic nitrogens is 2. The molecule has 0 aliphatic rings. The molecule has 5 N–H and O–H groups in total. The predicted molar refractivity (Wildman–Crippen MR) is 45.4 cm³/mol. The molecule has 1 rings (SSSR count). The minimum Gasteiger partial charge on any atom is -0.325 e. The molecule has 1 aromatic rings. The van der Waals surface area contributed by atoms with Crippen LogP contribution in [0.15, 0.2) is 12.4 Å². The summed E-state index contributed by atoms with van der Waals surface area (Å²) in [5.74, 6) is 5.76. The van der Waals surface area contributed by atoms with Crippen molar-refractivity contribution in [1.82, 2.24) is 9.97 Å². The van der Waals surface area contributed by atoms with Gasteiger partial charge >= 0.3 is 0 Å². The van der Waals surface area contributed by atoms with E-state index in [1.165, 1.54) is 12.4 Å². The zero-order valence-corrected chi connectivity index (χ0v) is 6.44. The van der Waals surface area contributed by atoms with Gasteiger partial charge in [-0.15, -0.1) is 0 Å². The molecule has 0 unspecified atom stereocenters. The van der Waals surface area contributed by atoms with Crippen LogP contribution in [-0.2, 0) is 6.54 Å². The fourth-order valence-corrected chi connectivity index (χ4v) is 0.653. The zero-order valence-electron chi connectivity index (χ0n) is 6.44. The molecule has 0 bridgehead atoms. The molecular formula is C6H10N6. The number of anilines is 1. The fourth-order valence-electron chi connectivity index (χ4n) is 0.653. The van der Waals surface area contributed by atoms with E-state index < -0.39 is 0 Å². The first-order valence-electron chi connectivity index (χ1n) is 3.33. The van der Waals surface area contributed by atoms with Gasteiger partial charge in [-0.2, -0.15) is 0 Å². The summed E-state index contributed by atoms with van der Waals surface area (Å²) in [5.41, 5.74) is 6.01. The lowest BCUT2D eigenvalue weighted by molar-refractivity contribution is 0.947. The second-order valence-corrected chi connectivity index (χ2v) is 2.11. The second kappa shape index (κ2) is 3.74. The lowest BCUT2D eigenvalue weighted by atomic mass is 10.4. The van der Waals surface area contributed by atoms with E-state index in [1.54, 1.807) is 0 Å². The van der Waals surface area contributed by atoms with E-state index in [-0.39, 0.29) is 0 Å². The highest BCUT2D eigenvalue weighted by Gasteiger charge is 1.99. The Morgan fingerprint density at radius 3 is 2.67 bits per heavy atom. The van der Waals surface area contributed by atoms with Crippen molar-refractivity contribution in [1.29, 1.82) is 5.41 Å². The van der Waals surface area contributed by atoms with Crippen LogP contribution in [0.2, 0.25) is 0 Å². The SMILES string of the molecule is N=CN(N)c1cnc(CN)cn1. The number of hydrogen-bond acceptors (Lipinski definition) is 5. The van der Waals surface area contributed by atoms with Gasteiger partial charge in [-0.25, -0.2) is 10.8 Å². The molecule has 0 atom stereocenters. The summed E-state index contributed by atoms with van der Waals surface area (Å²) in [4.78, 5) is 7.88. The van der Waals surface area contributed by atoms with Crippen molar-refractivity contribution < 1.29 is 0 Å². The Labute approximate surface area is 69.7 Å². The first-order valence-corrected chi connectivity index (χ1v) is 3.33. The van der Waals surface area contributed by atoms with Crippen molar-refractivity contribution in [2.45, 2.75) is 6.54 Å². The average molecular weight is 166 g/mol. The summed E-state index contributed by atoms with van der Waals surface area (Å²) in [5, 5.41) is 7.89. The lowest BCUT2D eigenvalue weighted by Gasteiger charge is -2.09. The first kappa shape index (κ1) is 8.57. The molecule has 6 heteroatoms. The first-order chi connectivity index (χ1) is 5.77. The number of nitrogens with two attached hydrogens (primary N) is 2. The molecule has 0 saturated carbocycles. The van der Waals surface area contributed by atoms with Gasteiger partial charge in [-0.1, -0.05) is 0 Å². The van der Waals surface area contributed by atoms with E-state index >= 15 is 0 Å². The average Bonchev–Trinajstić information content (AvgIpc) is 2.17. The molecule has 0 fully saturated rings. The molecule has 0 aliphatic heterocycles. The maximum Gasteiger partial charge on any atom is 0.166 e. The number of hydrogen-bond donors (Lipinski definition) is 3. The van der Waals surface area contributed by atoms with Gasteiger partial charge in [0.05, 0.1) is 18.1 Å². The minimum atomic E-state index is 0.350. The zero-order chi connectivity index (χ0) is 8.97. The summed E-state index contributed by atoms with van der Waals surface area (Å²) in [6.45, 7) is 0.350. The Hall–Kier alpha value is -1.53. The van der Waals surface area contributed by atoms with E-state index in [2.05, 4.69) is 9.97 Å². The molecule has 0 spiro atoms. The van der Waals surface area contributed by atoms with Crippen molar-refractivity contribution >= 4 is 12.2 Å². The van der Waals surface area contributed by atoms with Crippen LogP contribution in [0.25, 0.3) is 0 Å². The number of nitrogens with one attached hydrogen (secondary N) is 1. The quantitative estimate of drug-likeness (QED) is 0.236. The van der Waals surface area contributed by atoms with Crippen LogP contribution in [0.5, 0.6) is 0 Å². The van der Waals surface area contributed by atoms with Crippen LogP contribution in [-0.4, -0.2) is 16.3 Å². The molecule has 0 aliphatic carbocycles. The third-order valence-corrected chi connectivity index (χ3v) is 1.30. The van der Waals surface area contributed by atoms with Crippen molar-refractivity contribution in [2.75, 3.05) is 5.01 Å². The van der Waals surface area contributed by atoms with Gasteiger partial charge in [0.15, 0.2) is 5.82 Å². The van der Waals surface area contributed by atoms with Gasteiger partial charge in [0.2, 0.25) is 0 Å². The highest BCUT2D eigenvalue weighted by Crippen LogP contribution is 2.01. The number of nitrogens with zero attached hydrogens (tertiary/aromatic N) is 3. The van der Waals surface area contributed by atoms with Crippen LogP contribution >= 0.6 is 0 Å². The Balaban J connectivity index is 2.84.